The number of allylic oxidation sites excluding steroid dienone is 1. The third kappa shape index (κ3) is 4.13. The third-order valence-corrected chi connectivity index (χ3v) is 3.35. The molecule has 0 unspecified atom stereocenters. The van der Waals surface area contributed by atoms with Crippen molar-refractivity contribution in [2.45, 2.75) is 52.9 Å². The Bertz CT molecular complexity index is 411. The van der Waals surface area contributed by atoms with Gasteiger partial charge in [0, 0.05) is 6.54 Å². The minimum atomic E-state index is -0.628. The largest absolute Gasteiger partial charge is 0.395 e. The van der Waals surface area contributed by atoms with Crippen LogP contribution in [0.15, 0.2) is 11.1 Å². The molecule has 19 heavy (non-hydrogen) atoms. The Morgan fingerprint density at radius 1 is 1.16 bits per heavy atom. The smallest absolute Gasteiger partial charge is 0.351 e. The van der Waals surface area contributed by atoms with E-state index in [0.29, 0.717) is 12.1 Å². The number of carbonyl (C=O) groups excluding carboxylic acids is 2. The fourth-order valence-electron chi connectivity index (χ4n) is 1.97. The van der Waals surface area contributed by atoms with Crippen LogP contribution in [0.1, 0.15) is 52.9 Å². The van der Waals surface area contributed by atoms with Gasteiger partial charge in [0.1, 0.15) is 5.57 Å². The molecule has 0 aromatic carbocycles. The summed E-state index contributed by atoms with van der Waals surface area (Å²) in [6, 6.07) is 0. The van der Waals surface area contributed by atoms with Crippen LogP contribution in [0.25, 0.3) is 0 Å². The van der Waals surface area contributed by atoms with Gasteiger partial charge in [-0.1, -0.05) is 38.2 Å². The van der Waals surface area contributed by atoms with Crippen LogP contribution in [-0.2, 0) is 14.3 Å². The van der Waals surface area contributed by atoms with Crippen molar-refractivity contribution in [1.29, 1.82) is 0 Å². The quantitative estimate of drug-likeness (QED) is 0.247. The minimum Gasteiger partial charge on any atom is -0.395 e. The first-order valence-electron chi connectivity index (χ1n) is 6.74. The second kappa shape index (κ2) is 7.38. The SMILES string of the molecule is CCCCCCCN1C(=O)C(=C(C)C)C(=O)OC1=S. The molecule has 1 aliphatic heterocycles. The summed E-state index contributed by atoms with van der Waals surface area (Å²) < 4.78 is 4.96. The van der Waals surface area contributed by atoms with E-state index in [-0.39, 0.29) is 16.7 Å². The Balaban J connectivity index is 2.62. The van der Waals surface area contributed by atoms with Crippen molar-refractivity contribution in [1.82, 2.24) is 4.90 Å². The fraction of sp³-hybridized carbons (Fsp3) is 0.643. The molecular weight excluding hydrogens is 262 g/mol. The molecule has 0 radical (unpaired) electrons. The Kier molecular flexibility index (Phi) is 6.15. The second-order valence-electron chi connectivity index (χ2n) is 4.90. The summed E-state index contributed by atoms with van der Waals surface area (Å²) in [7, 11) is 0. The van der Waals surface area contributed by atoms with Crippen LogP contribution in [0.2, 0.25) is 0 Å². The number of esters is 1. The number of amides is 1. The molecule has 1 fully saturated rings. The van der Waals surface area contributed by atoms with E-state index in [4.69, 9.17) is 17.0 Å². The van der Waals surface area contributed by atoms with Crippen molar-refractivity contribution in [2.24, 2.45) is 0 Å². The number of carbonyl (C=O) groups is 2. The van der Waals surface area contributed by atoms with Gasteiger partial charge in [-0.05, 0) is 32.5 Å². The number of nitrogens with zero attached hydrogens (tertiary/aromatic N) is 1. The highest BCUT2D eigenvalue weighted by Crippen LogP contribution is 2.18. The summed E-state index contributed by atoms with van der Waals surface area (Å²) >= 11 is 4.96. The normalized spacial score (nSPS) is 15.8. The molecule has 1 amide bonds. The van der Waals surface area contributed by atoms with Gasteiger partial charge >= 0.3 is 5.97 Å². The van der Waals surface area contributed by atoms with Crippen molar-refractivity contribution in [2.75, 3.05) is 6.54 Å². The zero-order chi connectivity index (χ0) is 14.4. The van der Waals surface area contributed by atoms with E-state index in [1.165, 1.54) is 17.7 Å². The maximum absolute atomic E-state index is 12.2. The lowest BCUT2D eigenvalue weighted by atomic mass is 10.1. The fourth-order valence-corrected chi connectivity index (χ4v) is 2.22. The van der Waals surface area contributed by atoms with Gasteiger partial charge in [0.25, 0.3) is 11.1 Å². The van der Waals surface area contributed by atoms with Crippen LogP contribution >= 0.6 is 12.2 Å². The highest BCUT2D eigenvalue weighted by molar-refractivity contribution is 7.80. The first-order chi connectivity index (χ1) is 8.99. The summed E-state index contributed by atoms with van der Waals surface area (Å²) in [5, 5.41) is -0.0181. The highest BCUT2D eigenvalue weighted by Gasteiger charge is 2.35. The number of hydrogen-bond donors (Lipinski definition) is 0. The molecule has 4 nitrogen and oxygen atoms in total. The second-order valence-corrected chi connectivity index (χ2v) is 5.25. The first kappa shape index (κ1) is 15.8. The average Bonchev–Trinajstić information content (AvgIpc) is 2.31. The number of thiocarbonyl (C=S) groups is 1. The van der Waals surface area contributed by atoms with E-state index in [0.717, 1.165) is 19.3 Å². The third-order valence-electron chi connectivity index (χ3n) is 3.05. The summed E-state index contributed by atoms with van der Waals surface area (Å²) in [5.74, 6) is -0.950. The molecule has 0 spiro atoms. The maximum atomic E-state index is 12.2. The molecule has 0 aliphatic carbocycles. The van der Waals surface area contributed by atoms with Crippen LogP contribution in [-0.4, -0.2) is 28.5 Å². The highest BCUT2D eigenvalue weighted by atomic mass is 32.1. The van der Waals surface area contributed by atoms with E-state index < -0.39 is 5.97 Å². The van der Waals surface area contributed by atoms with Gasteiger partial charge < -0.3 is 4.74 Å². The van der Waals surface area contributed by atoms with Crippen LogP contribution in [0.5, 0.6) is 0 Å². The summed E-state index contributed by atoms with van der Waals surface area (Å²) in [5.41, 5.74) is 0.774. The van der Waals surface area contributed by atoms with Crippen LogP contribution in [0, 0.1) is 0 Å². The number of hydrogen-bond acceptors (Lipinski definition) is 4. The van der Waals surface area contributed by atoms with Gasteiger partial charge in [0.05, 0.1) is 0 Å². The van der Waals surface area contributed by atoms with Gasteiger partial charge in [0.2, 0.25) is 0 Å². The van der Waals surface area contributed by atoms with Gasteiger partial charge in [0.15, 0.2) is 0 Å². The molecule has 0 bridgehead atoms. The summed E-state index contributed by atoms with van der Waals surface area (Å²) in [4.78, 5) is 25.2. The monoisotopic (exact) mass is 283 g/mol. The van der Waals surface area contributed by atoms with Crippen molar-refractivity contribution >= 4 is 29.3 Å². The van der Waals surface area contributed by atoms with E-state index in [1.807, 2.05) is 0 Å². The average molecular weight is 283 g/mol. The number of unbranched alkanes of at least 4 members (excludes halogenated alkanes) is 4. The molecule has 1 heterocycles. The van der Waals surface area contributed by atoms with E-state index in [2.05, 4.69) is 6.92 Å². The van der Waals surface area contributed by atoms with Crippen LogP contribution in [0.3, 0.4) is 0 Å². The van der Waals surface area contributed by atoms with Crippen molar-refractivity contribution in [3.8, 4) is 0 Å². The zero-order valence-corrected chi connectivity index (χ0v) is 12.6. The molecule has 0 atom stereocenters. The van der Waals surface area contributed by atoms with E-state index >= 15 is 0 Å². The van der Waals surface area contributed by atoms with Crippen molar-refractivity contribution in [3.63, 3.8) is 0 Å². The lowest BCUT2D eigenvalue weighted by Gasteiger charge is -2.28. The van der Waals surface area contributed by atoms with Crippen LogP contribution < -0.4 is 0 Å². The van der Waals surface area contributed by atoms with Gasteiger partial charge in [-0.3, -0.25) is 9.69 Å². The van der Waals surface area contributed by atoms with Gasteiger partial charge in [-0.2, -0.15) is 0 Å². The Morgan fingerprint density at radius 3 is 2.37 bits per heavy atom. The molecule has 0 N–H and O–H groups in total. The molecular formula is C14H21NO3S. The number of cyclic esters (lactones) is 1. The van der Waals surface area contributed by atoms with Gasteiger partial charge in [-0.25, -0.2) is 4.79 Å². The summed E-state index contributed by atoms with van der Waals surface area (Å²) in [6.45, 7) is 6.12. The topological polar surface area (TPSA) is 46.6 Å². The summed E-state index contributed by atoms with van der Waals surface area (Å²) in [6.07, 6.45) is 5.46. The Hall–Kier alpha value is -1.23. The predicted molar refractivity (Wildman–Crippen MR) is 77.5 cm³/mol. The molecule has 0 aromatic rings. The lowest BCUT2D eigenvalue weighted by Crippen LogP contribution is -2.46. The zero-order valence-electron chi connectivity index (χ0n) is 11.8. The Morgan fingerprint density at radius 2 is 1.79 bits per heavy atom. The van der Waals surface area contributed by atoms with Crippen LogP contribution in [0.4, 0.5) is 0 Å². The maximum Gasteiger partial charge on any atom is 0.351 e. The predicted octanol–water partition coefficient (Wildman–Crippen LogP) is 2.96. The lowest BCUT2D eigenvalue weighted by molar-refractivity contribution is -0.140. The van der Waals surface area contributed by atoms with Crippen molar-refractivity contribution < 1.29 is 14.3 Å². The molecule has 1 aliphatic rings. The molecule has 0 saturated carbocycles. The van der Waals surface area contributed by atoms with E-state index in [1.54, 1.807) is 13.8 Å². The van der Waals surface area contributed by atoms with E-state index in [9.17, 15) is 9.59 Å². The molecule has 0 aromatic heterocycles. The van der Waals surface area contributed by atoms with Gasteiger partial charge in [-0.15, -0.1) is 0 Å². The molecule has 106 valence electrons. The van der Waals surface area contributed by atoms with Crippen molar-refractivity contribution in [3.05, 3.63) is 11.1 Å². The molecule has 5 heteroatoms. The first-order valence-corrected chi connectivity index (χ1v) is 7.15. The Labute approximate surface area is 119 Å². The standard InChI is InChI=1S/C14H21NO3S/c1-4-5-6-7-8-9-15-12(16)11(10(2)3)13(17)18-14(15)19/h4-9H2,1-3H3. The number of rotatable bonds is 6. The minimum absolute atomic E-state index is 0.0181. The molecule has 1 rings (SSSR count). The molecule has 1 saturated heterocycles. The number of ether oxygens (including phenoxy) is 1.